The summed E-state index contributed by atoms with van der Waals surface area (Å²) in [5.74, 6) is 0. The first-order valence-corrected chi connectivity index (χ1v) is 5.36. The number of para-hydroxylation sites is 1. The number of anilines is 1. The van der Waals surface area contributed by atoms with Crippen molar-refractivity contribution in [1.82, 2.24) is 0 Å². The Morgan fingerprint density at radius 2 is 2.00 bits per heavy atom. The first kappa shape index (κ1) is 10.7. The molecule has 3 nitrogen and oxygen atoms in total. The second-order valence-corrected chi connectivity index (χ2v) is 4.25. The van der Waals surface area contributed by atoms with E-state index in [1.54, 1.807) is 6.07 Å². The highest BCUT2D eigenvalue weighted by Crippen LogP contribution is 2.37. The molecule has 0 saturated carbocycles. The summed E-state index contributed by atoms with van der Waals surface area (Å²) < 4.78 is 5.22. The van der Waals surface area contributed by atoms with Gasteiger partial charge in [0.1, 0.15) is 0 Å². The average Bonchev–Trinajstić information content (AvgIpc) is 2.23. The minimum Gasteiger partial charge on any atom is -0.397 e. The molecular formula is C11H14ClNO2. The Kier molecular flexibility index (Phi) is 2.87. The summed E-state index contributed by atoms with van der Waals surface area (Å²) in [7, 11) is 0. The van der Waals surface area contributed by atoms with Crippen molar-refractivity contribution in [2.45, 2.75) is 18.4 Å². The highest BCUT2D eigenvalue weighted by molar-refractivity contribution is 6.33. The zero-order valence-corrected chi connectivity index (χ0v) is 9.13. The van der Waals surface area contributed by atoms with E-state index in [1.807, 2.05) is 12.1 Å². The van der Waals surface area contributed by atoms with Crippen LogP contribution in [0.1, 0.15) is 18.4 Å². The quantitative estimate of drug-likeness (QED) is 0.721. The average molecular weight is 228 g/mol. The molecule has 0 amide bonds. The zero-order valence-electron chi connectivity index (χ0n) is 8.37. The molecule has 1 saturated heterocycles. The molecule has 1 aromatic carbocycles. The lowest BCUT2D eigenvalue weighted by atomic mass is 9.85. The number of nitrogens with two attached hydrogens (primary N) is 1. The van der Waals surface area contributed by atoms with Crippen LogP contribution in [0, 0.1) is 0 Å². The molecule has 3 N–H and O–H groups in total. The van der Waals surface area contributed by atoms with E-state index < -0.39 is 5.60 Å². The molecule has 1 aliphatic rings. The van der Waals surface area contributed by atoms with Crippen molar-refractivity contribution in [3.8, 4) is 0 Å². The van der Waals surface area contributed by atoms with E-state index >= 15 is 0 Å². The van der Waals surface area contributed by atoms with E-state index in [9.17, 15) is 5.11 Å². The first-order valence-electron chi connectivity index (χ1n) is 4.98. The summed E-state index contributed by atoms with van der Waals surface area (Å²) in [6.45, 7) is 1.12. The van der Waals surface area contributed by atoms with Gasteiger partial charge in [0.05, 0.1) is 16.3 Å². The molecule has 1 fully saturated rings. The molecule has 1 heterocycles. The molecule has 0 aliphatic carbocycles. The second-order valence-electron chi connectivity index (χ2n) is 3.85. The minimum absolute atomic E-state index is 0.476. The Balaban J connectivity index is 2.39. The van der Waals surface area contributed by atoms with Gasteiger partial charge in [-0.2, -0.15) is 0 Å². The van der Waals surface area contributed by atoms with E-state index in [-0.39, 0.29) is 0 Å². The summed E-state index contributed by atoms with van der Waals surface area (Å²) >= 11 is 5.93. The Bertz CT molecular complexity index is 362. The van der Waals surface area contributed by atoms with Crippen molar-refractivity contribution in [3.63, 3.8) is 0 Å². The Morgan fingerprint density at radius 3 is 2.67 bits per heavy atom. The van der Waals surface area contributed by atoms with Gasteiger partial charge in [-0.25, -0.2) is 0 Å². The lowest BCUT2D eigenvalue weighted by molar-refractivity contribution is -0.0674. The number of nitrogen functional groups attached to an aromatic ring is 1. The largest absolute Gasteiger partial charge is 0.397 e. The summed E-state index contributed by atoms with van der Waals surface area (Å²) in [5, 5.41) is 10.9. The summed E-state index contributed by atoms with van der Waals surface area (Å²) in [6.07, 6.45) is 1.13. The molecule has 0 spiro atoms. The van der Waals surface area contributed by atoms with Crippen molar-refractivity contribution in [2.75, 3.05) is 18.9 Å². The molecule has 82 valence electrons. The topological polar surface area (TPSA) is 55.5 Å². The third kappa shape index (κ3) is 1.95. The van der Waals surface area contributed by atoms with Crippen LogP contribution in [-0.4, -0.2) is 18.3 Å². The lowest BCUT2D eigenvalue weighted by Gasteiger charge is -2.33. The maximum atomic E-state index is 10.4. The molecule has 0 radical (unpaired) electrons. The Labute approximate surface area is 93.8 Å². The van der Waals surface area contributed by atoms with Crippen LogP contribution in [0.5, 0.6) is 0 Å². The number of benzene rings is 1. The second kappa shape index (κ2) is 4.00. The smallest absolute Gasteiger partial charge is 0.0960 e. The molecule has 1 aromatic rings. The van der Waals surface area contributed by atoms with Crippen molar-refractivity contribution in [2.24, 2.45) is 0 Å². The Morgan fingerprint density at radius 1 is 1.33 bits per heavy atom. The van der Waals surface area contributed by atoms with Crippen molar-refractivity contribution in [1.29, 1.82) is 0 Å². The SMILES string of the molecule is Nc1c(Cl)cccc1C1(O)CCOCC1. The van der Waals surface area contributed by atoms with E-state index in [2.05, 4.69) is 0 Å². The maximum Gasteiger partial charge on any atom is 0.0960 e. The number of hydrogen-bond acceptors (Lipinski definition) is 3. The predicted octanol–water partition coefficient (Wildman–Crippen LogP) is 1.92. The monoisotopic (exact) mass is 227 g/mol. The third-order valence-corrected chi connectivity index (χ3v) is 3.20. The zero-order chi connectivity index (χ0) is 10.9. The van der Waals surface area contributed by atoms with Gasteiger partial charge in [0.2, 0.25) is 0 Å². The number of rotatable bonds is 1. The maximum absolute atomic E-state index is 10.4. The van der Waals surface area contributed by atoms with Crippen LogP contribution in [0.15, 0.2) is 18.2 Å². The van der Waals surface area contributed by atoms with Gasteiger partial charge in [0.25, 0.3) is 0 Å². The molecule has 4 heteroatoms. The van der Waals surface area contributed by atoms with E-state index in [1.165, 1.54) is 0 Å². The van der Waals surface area contributed by atoms with Crippen molar-refractivity contribution < 1.29 is 9.84 Å². The standard InChI is InChI=1S/C11H14ClNO2/c12-9-3-1-2-8(10(9)13)11(14)4-6-15-7-5-11/h1-3,14H,4-7,13H2. The molecule has 0 unspecified atom stereocenters. The van der Waals surface area contributed by atoms with Gasteiger partial charge >= 0.3 is 0 Å². The van der Waals surface area contributed by atoms with Crippen LogP contribution in [0.3, 0.4) is 0 Å². The van der Waals surface area contributed by atoms with E-state index in [0.717, 1.165) is 5.56 Å². The Hall–Kier alpha value is -0.770. The molecule has 15 heavy (non-hydrogen) atoms. The van der Waals surface area contributed by atoms with Crippen LogP contribution >= 0.6 is 11.6 Å². The number of aliphatic hydroxyl groups is 1. The number of ether oxygens (including phenoxy) is 1. The molecule has 0 aromatic heterocycles. The van der Waals surface area contributed by atoms with Crippen LogP contribution in [-0.2, 0) is 10.3 Å². The number of halogens is 1. The van der Waals surface area contributed by atoms with Gasteiger partial charge in [-0.3, -0.25) is 0 Å². The van der Waals surface area contributed by atoms with E-state index in [0.29, 0.717) is 36.8 Å². The van der Waals surface area contributed by atoms with Gasteiger partial charge in [0.15, 0.2) is 0 Å². The molecular weight excluding hydrogens is 214 g/mol. The van der Waals surface area contributed by atoms with Crippen LogP contribution in [0.25, 0.3) is 0 Å². The van der Waals surface area contributed by atoms with Gasteiger partial charge in [-0.15, -0.1) is 0 Å². The van der Waals surface area contributed by atoms with Crippen molar-refractivity contribution >= 4 is 17.3 Å². The lowest BCUT2D eigenvalue weighted by Crippen LogP contribution is -2.34. The predicted molar refractivity (Wildman–Crippen MR) is 59.8 cm³/mol. The molecule has 2 rings (SSSR count). The highest BCUT2D eigenvalue weighted by Gasteiger charge is 2.33. The minimum atomic E-state index is -0.882. The highest BCUT2D eigenvalue weighted by atomic mass is 35.5. The van der Waals surface area contributed by atoms with Gasteiger partial charge in [-0.1, -0.05) is 23.7 Å². The fraction of sp³-hybridized carbons (Fsp3) is 0.455. The van der Waals surface area contributed by atoms with E-state index in [4.69, 9.17) is 22.1 Å². The van der Waals surface area contributed by atoms with Crippen LogP contribution < -0.4 is 5.73 Å². The molecule has 0 bridgehead atoms. The fourth-order valence-corrected chi connectivity index (χ4v) is 2.10. The molecule has 1 aliphatic heterocycles. The normalized spacial score (nSPS) is 20.1. The van der Waals surface area contributed by atoms with Crippen molar-refractivity contribution in [3.05, 3.63) is 28.8 Å². The fourth-order valence-electron chi connectivity index (χ4n) is 1.92. The van der Waals surface area contributed by atoms with Gasteiger partial charge in [-0.05, 0) is 6.07 Å². The summed E-state index contributed by atoms with van der Waals surface area (Å²) in [5.41, 5.74) is 6.18. The van der Waals surface area contributed by atoms with Gasteiger partial charge in [0, 0.05) is 31.6 Å². The van der Waals surface area contributed by atoms with Crippen LogP contribution in [0.4, 0.5) is 5.69 Å². The summed E-state index contributed by atoms with van der Waals surface area (Å²) in [4.78, 5) is 0. The molecule has 0 atom stereocenters. The number of hydrogen-bond donors (Lipinski definition) is 2. The van der Waals surface area contributed by atoms with Crippen LogP contribution in [0.2, 0.25) is 5.02 Å². The van der Waals surface area contributed by atoms with Gasteiger partial charge < -0.3 is 15.6 Å². The summed E-state index contributed by atoms with van der Waals surface area (Å²) in [6, 6.07) is 5.36. The third-order valence-electron chi connectivity index (χ3n) is 2.87. The first-order chi connectivity index (χ1) is 7.13.